The van der Waals surface area contributed by atoms with Gasteiger partial charge in [0.25, 0.3) is 5.56 Å². The number of hydrogen-bond acceptors (Lipinski definition) is 9. The molecule has 1 aliphatic heterocycles. The van der Waals surface area contributed by atoms with E-state index in [2.05, 4.69) is 4.99 Å². The van der Waals surface area contributed by atoms with Crippen LogP contribution in [-0.4, -0.2) is 36.8 Å². The zero-order valence-corrected chi connectivity index (χ0v) is 21.7. The second-order valence-corrected chi connectivity index (χ2v) is 9.37. The third-order valence-corrected chi connectivity index (χ3v) is 6.77. The maximum absolute atomic E-state index is 13.7. The summed E-state index contributed by atoms with van der Waals surface area (Å²) in [4.78, 5) is 42.3. The van der Waals surface area contributed by atoms with Crippen molar-refractivity contribution >= 4 is 41.0 Å². The third-order valence-electron chi connectivity index (χ3n) is 5.53. The number of fused-ring (bicyclic) bond motifs is 1. The number of carbonyl (C=O) groups is 2. The van der Waals surface area contributed by atoms with Gasteiger partial charge < -0.3 is 24.1 Å². The Labute approximate surface area is 220 Å². The van der Waals surface area contributed by atoms with Crippen LogP contribution in [0.3, 0.4) is 0 Å². The van der Waals surface area contributed by atoms with Gasteiger partial charge in [0.15, 0.2) is 16.3 Å². The maximum Gasteiger partial charge on any atom is 0.338 e. The van der Waals surface area contributed by atoms with Crippen LogP contribution in [-0.2, 0) is 14.3 Å². The minimum atomic E-state index is -1.36. The van der Waals surface area contributed by atoms with Crippen molar-refractivity contribution in [3.63, 3.8) is 0 Å². The number of nitrogens with zero attached hydrogens (tertiary/aromatic N) is 2. The number of aromatic nitrogens is 1. The normalized spacial score (nSPS) is 15.1. The molecule has 0 N–H and O–H groups in total. The number of hydrogen-bond donors (Lipinski definition) is 0. The van der Waals surface area contributed by atoms with Crippen molar-refractivity contribution in [3.8, 4) is 11.5 Å². The highest BCUT2D eigenvalue weighted by molar-refractivity contribution is 7.07. The van der Waals surface area contributed by atoms with Crippen LogP contribution < -0.4 is 29.5 Å². The fourth-order valence-corrected chi connectivity index (χ4v) is 5.11. The molecule has 1 aliphatic rings. The van der Waals surface area contributed by atoms with Crippen LogP contribution in [0.4, 0.5) is 0 Å². The minimum absolute atomic E-state index is 0.178. The monoisotopic (exact) mass is 541 g/mol. The molecule has 0 aliphatic carbocycles. The SMILES string of the molecule is CCOC(=O)C1=C(C)N=c2sc(=Cc3ccc(OCC(=O)[O-])c(OC)c3)c(=O)n2C1c1ccc(Cl)cc1. The highest BCUT2D eigenvalue weighted by Crippen LogP contribution is 2.31. The molecular weight excluding hydrogens is 520 g/mol. The van der Waals surface area contributed by atoms with Crippen molar-refractivity contribution in [2.75, 3.05) is 20.3 Å². The summed E-state index contributed by atoms with van der Waals surface area (Å²) in [7, 11) is 1.42. The second-order valence-electron chi connectivity index (χ2n) is 7.92. The molecule has 1 unspecified atom stereocenters. The fraction of sp³-hybridized carbons (Fsp3) is 0.231. The molecule has 4 rings (SSSR count). The van der Waals surface area contributed by atoms with Gasteiger partial charge in [-0.05, 0) is 55.3 Å². The molecule has 0 spiro atoms. The number of carbonyl (C=O) groups excluding carboxylic acids is 2. The van der Waals surface area contributed by atoms with Crippen LogP contribution in [0.25, 0.3) is 6.08 Å². The molecule has 0 bridgehead atoms. The molecule has 3 aromatic rings. The molecule has 0 saturated heterocycles. The summed E-state index contributed by atoms with van der Waals surface area (Å²) >= 11 is 7.26. The summed E-state index contributed by atoms with van der Waals surface area (Å²) in [6.45, 7) is 2.98. The topological polar surface area (TPSA) is 119 Å². The highest BCUT2D eigenvalue weighted by Gasteiger charge is 2.33. The van der Waals surface area contributed by atoms with Gasteiger partial charge in [-0.1, -0.05) is 41.1 Å². The van der Waals surface area contributed by atoms with E-state index in [9.17, 15) is 19.5 Å². The average Bonchev–Trinajstić information content (AvgIpc) is 3.17. The smallest absolute Gasteiger partial charge is 0.338 e. The Balaban J connectivity index is 1.85. The lowest BCUT2D eigenvalue weighted by Crippen LogP contribution is -2.39. The number of thiazole rings is 1. The lowest BCUT2D eigenvalue weighted by Gasteiger charge is -2.24. The van der Waals surface area contributed by atoms with Crippen LogP contribution >= 0.6 is 22.9 Å². The lowest BCUT2D eigenvalue weighted by molar-refractivity contribution is -0.307. The number of halogens is 1. The molecule has 2 aromatic carbocycles. The summed E-state index contributed by atoms with van der Waals surface area (Å²) < 4.78 is 17.6. The Kier molecular flexibility index (Phi) is 7.80. The zero-order valence-electron chi connectivity index (χ0n) is 20.1. The van der Waals surface area contributed by atoms with E-state index in [0.717, 1.165) is 0 Å². The Morgan fingerprint density at radius 1 is 1.19 bits per heavy atom. The summed E-state index contributed by atoms with van der Waals surface area (Å²) in [6, 6.07) is 11.0. The third kappa shape index (κ3) is 5.45. The Hall–Kier alpha value is -3.89. The van der Waals surface area contributed by atoms with Crippen LogP contribution in [0.15, 0.2) is 63.5 Å². The van der Waals surface area contributed by atoms with Crippen molar-refractivity contribution < 1.29 is 28.9 Å². The van der Waals surface area contributed by atoms with Crippen molar-refractivity contribution in [2.24, 2.45) is 4.99 Å². The van der Waals surface area contributed by atoms with Crippen molar-refractivity contribution in [2.45, 2.75) is 19.9 Å². The lowest BCUT2D eigenvalue weighted by atomic mass is 9.96. The van der Waals surface area contributed by atoms with Gasteiger partial charge in [-0.3, -0.25) is 9.36 Å². The number of carboxylic acid groups (broad SMARTS) is 1. The number of benzene rings is 2. The molecular formula is C26H22ClN2O7S-. The summed E-state index contributed by atoms with van der Waals surface area (Å²) in [5.41, 5.74) is 1.70. The van der Waals surface area contributed by atoms with Gasteiger partial charge in [0.05, 0.1) is 41.5 Å². The van der Waals surface area contributed by atoms with E-state index >= 15 is 0 Å². The molecule has 37 heavy (non-hydrogen) atoms. The number of allylic oxidation sites excluding steroid dienone is 1. The van der Waals surface area contributed by atoms with Crippen molar-refractivity contribution in [1.29, 1.82) is 0 Å². The van der Waals surface area contributed by atoms with E-state index < -0.39 is 24.6 Å². The predicted octanol–water partition coefficient (Wildman–Crippen LogP) is 1.59. The van der Waals surface area contributed by atoms with E-state index in [1.807, 2.05) is 0 Å². The number of ether oxygens (including phenoxy) is 3. The average molecular weight is 542 g/mol. The Morgan fingerprint density at radius 3 is 2.57 bits per heavy atom. The summed E-state index contributed by atoms with van der Waals surface area (Å²) in [5.74, 6) is -1.39. The van der Waals surface area contributed by atoms with Gasteiger partial charge in [0.2, 0.25) is 0 Å². The zero-order chi connectivity index (χ0) is 26.7. The molecule has 11 heteroatoms. The molecule has 9 nitrogen and oxygen atoms in total. The standard InChI is InChI=1S/C26H23ClN2O7S/c1-4-35-25(33)22-14(2)28-26-29(23(22)16-6-8-17(27)9-7-16)24(32)20(37-26)12-15-5-10-18(19(11-15)34-3)36-13-21(30)31/h5-12,23H,4,13H2,1-3H3,(H,30,31)/p-1. The number of aliphatic carboxylic acids is 1. The van der Waals surface area contributed by atoms with Gasteiger partial charge in [0.1, 0.15) is 6.61 Å². The maximum atomic E-state index is 13.7. The highest BCUT2D eigenvalue weighted by atomic mass is 35.5. The Bertz CT molecular complexity index is 1570. The molecule has 2 heterocycles. The number of carboxylic acids is 1. The van der Waals surface area contributed by atoms with Crippen molar-refractivity contribution in [1.82, 2.24) is 4.57 Å². The molecule has 0 radical (unpaired) electrons. The van der Waals surface area contributed by atoms with Gasteiger partial charge in [-0.2, -0.15) is 0 Å². The summed E-state index contributed by atoms with van der Waals surface area (Å²) in [5, 5.41) is 11.2. The Morgan fingerprint density at radius 2 is 1.92 bits per heavy atom. The predicted molar refractivity (Wildman–Crippen MR) is 135 cm³/mol. The van der Waals surface area contributed by atoms with E-state index in [1.54, 1.807) is 62.4 Å². The van der Waals surface area contributed by atoms with Crippen LogP contribution in [0.1, 0.15) is 31.0 Å². The second kappa shape index (κ2) is 11.0. The molecule has 1 atom stereocenters. The first-order valence-electron chi connectivity index (χ1n) is 11.2. The van der Waals surface area contributed by atoms with Gasteiger partial charge in [-0.25, -0.2) is 9.79 Å². The number of esters is 1. The van der Waals surface area contributed by atoms with Crippen LogP contribution in [0, 0.1) is 0 Å². The minimum Gasteiger partial charge on any atom is -0.546 e. The first-order valence-corrected chi connectivity index (χ1v) is 12.4. The quantitative estimate of drug-likeness (QED) is 0.397. The molecule has 192 valence electrons. The molecule has 0 fully saturated rings. The van der Waals surface area contributed by atoms with Crippen LogP contribution in [0.2, 0.25) is 5.02 Å². The van der Waals surface area contributed by atoms with Gasteiger partial charge >= 0.3 is 5.97 Å². The summed E-state index contributed by atoms with van der Waals surface area (Å²) in [6.07, 6.45) is 1.66. The van der Waals surface area contributed by atoms with E-state index in [-0.39, 0.29) is 23.5 Å². The molecule has 1 aromatic heterocycles. The van der Waals surface area contributed by atoms with E-state index in [4.69, 9.17) is 25.8 Å². The van der Waals surface area contributed by atoms with E-state index in [1.165, 1.54) is 23.0 Å². The molecule has 0 saturated carbocycles. The van der Waals surface area contributed by atoms with E-state index in [0.29, 0.717) is 36.9 Å². The van der Waals surface area contributed by atoms with Crippen LogP contribution in [0.5, 0.6) is 11.5 Å². The largest absolute Gasteiger partial charge is 0.546 e. The molecule has 0 amide bonds. The number of methoxy groups -OCH3 is 1. The fourth-order valence-electron chi connectivity index (χ4n) is 3.93. The van der Waals surface area contributed by atoms with Gasteiger partial charge in [0, 0.05) is 5.02 Å². The van der Waals surface area contributed by atoms with Gasteiger partial charge in [-0.15, -0.1) is 0 Å². The van der Waals surface area contributed by atoms with Crippen molar-refractivity contribution in [3.05, 3.63) is 89.6 Å². The first-order chi connectivity index (χ1) is 17.7. The number of rotatable bonds is 8. The first kappa shape index (κ1) is 26.2.